The van der Waals surface area contributed by atoms with Crippen LogP contribution >= 0.6 is 27.5 Å². The van der Waals surface area contributed by atoms with Crippen molar-refractivity contribution in [1.82, 2.24) is 0 Å². The van der Waals surface area contributed by atoms with Gasteiger partial charge in [0.2, 0.25) is 0 Å². The minimum atomic E-state index is -2.98. The van der Waals surface area contributed by atoms with Crippen molar-refractivity contribution < 1.29 is 18.3 Å². The van der Waals surface area contributed by atoms with E-state index in [1.165, 1.54) is 19.1 Å². The Morgan fingerprint density at radius 1 is 1.53 bits per heavy atom. The Balaban J connectivity index is 3.27. The van der Waals surface area contributed by atoms with Gasteiger partial charge in [0.05, 0.1) is 15.1 Å². The first kappa shape index (κ1) is 12.4. The number of alkyl halides is 2. The predicted octanol–water partition coefficient (Wildman–Crippen LogP) is 3.91. The van der Waals surface area contributed by atoms with Crippen LogP contribution in [0.2, 0.25) is 5.02 Å². The second-order valence-electron chi connectivity index (χ2n) is 2.67. The largest absolute Gasteiger partial charge is 0.434 e. The van der Waals surface area contributed by atoms with Crippen molar-refractivity contribution in [2.45, 2.75) is 13.5 Å². The van der Waals surface area contributed by atoms with Gasteiger partial charge in [0.25, 0.3) is 0 Å². The van der Waals surface area contributed by atoms with Crippen molar-refractivity contribution in [3.05, 3.63) is 27.2 Å². The third kappa shape index (κ3) is 2.89. The lowest BCUT2D eigenvalue weighted by Gasteiger charge is -2.10. The SMILES string of the molecule is CC(=O)c1c(OC(F)F)ccc(Cl)c1Br. The second-order valence-corrected chi connectivity index (χ2v) is 3.87. The number of hydrogen-bond acceptors (Lipinski definition) is 2. The highest BCUT2D eigenvalue weighted by molar-refractivity contribution is 9.10. The molecule has 6 heteroatoms. The molecule has 0 aromatic heterocycles. The van der Waals surface area contributed by atoms with E-state index in [1.807, 2.05) is 0 Å². The van der Waals surface area contributed by atoms with Crippen molar-refractivity contribution >= 4 is 33.3 Å². The summed E-state index contributed by atoms with van der Waals surface area (Å²) < 4.78 is 28.5. The molecule has 0 bridgehead atoms. The zero-order valence-corrected chi connectivity index (χ0v) is 9.90. The number of carbonyl (C=O) groups is 1. The first-order valence-electron chi connectivity index (χ1n) is 3.87. The fraction of sp³-hybridized carbons (Fsp3) is 0.222. The zero-order chi connectivity index (χ0) is 11.6. The Morgan fingerprint density at radius 3 is 2.60 bits per heavy atom. The molecule has 0 radical (unpaired) electrons. The van der Waals surface area contributed by atoms with Crippen LogP contribution in [0, 0.1) is 0 Å². The molecule has 0 saturated carbocycles. The number of benzene rings is 1. The normalized spacial score (nSPS) is 10.5. The van der Waals surface area contributed by atoms with Gasteiger partial charge in [-0.05, 0) is 35.0 Å². The van der Waals surface area contributed by atoms with Gasteiger partial charge in [0.1, 0.15) is 5.75 Å². The quantitative estimate of drug-likeness (QED) is 0.791. The molecule has 15 heavy (non-hydrogen) atoms. The predicted molar refractivity (Wildman–Crippen MR) is 55.8 cm³/mol. The Bertz CT molecular complexity index is 396. The molecule has 1 aromatic carbocycles. The highest BCUT2D eigenvalue weighted by Crippen LogP contribution is 2.34. The molecule has 0 saturated heterocycles. The van der Waals surface area contributed by atoms with Gasteiger partial charge < -0.3 is 4.74 Å². The number of rotatable bonds is 3. The molecule has 0 amide bonds. The van der Waals surface area contributed by atoms with Gasteiger partial charge in [-0.1, -0.05) is 11.6 Å². The van der Waals surface area contributed by atoms with Crippen molar-refractivity contribution in [1.29, 1.82) is 0 Å². The summed E-state index contributed by atoms with van der Waals surface area (Å²) in [7, 11) is 0. The van der Waals surface area contributed by atoms with Crippen LogP contribution < -0.4 is 4.74 Å². The van der Waals surface area contributed by atoms with Gasteiger partial charge in [-0.3, -0.25) is 4.79 Å². The van der Waals surface area contributed by atoms with Crippen LogP contribution in [0.1, 0.15) is 17.3 Å². The fourth-order valence-electron chi connectivity index (χ4n) is 1.06. The molecule has 0 aliphatic heterocycles. The van der Waals surface area contributed by atoms with Crippen molar-refractivity contribution in [2.75, 3.05) is 0 Å². The second kappa shape index (κ2) is 4.90. The van der Waals surface area contributed by atoms with Crippen LogP contribution in [0.5, 0.6) is 5.75 Å². The minimum absolute atomic E-state index is 0.0165. The Kier molecular flexibility index (Phi) is 4.04. The molecule has 0 N–H and O–H groups in total. The Labute approximate surface area is 98.3 Å². The number of ketones is 1. The van der Waals surface area contributed by atoms with E-state index in [0.717, 1.165) is 0 Å². The summed E-state index contributed by atoms with van der Waals surface area (Å²) in [5, 5.41) is 0.266. The van der Waals surface area contributed by atoms with Gasteiger partial charge in [-0.15, -0.1) is 0 Å². The average molecular weight is 299 g/mol. The van der Waals surface area contributed by atoms with Crippen molar-refractivity contribution in [3.8, 4) is 5.75 Å². The van der Waals surface area contributed by atoms with Crippen molar-refractivity contribution in [3.63, 3.8) is 0 Å². The van der Waals surface area contributed by atoms with Crippen LogP contribution in [0.3, 0.4) is 0 Å². The Hall–Kier alpha value is -0.680. The zero-order valence-electron chi connectivity index (χ0n) is 7.56. The minimum Gasteiger partial charge on any atom is -0.434 e. The van der Waals surface area contributed by atoms with Gasteiger partial charge in [0.15, 0.2) is 5.78 Å². The topological polar surface area (TPSA) is 26.3 Å². The molecule has 0 heterocycles. The van der Waals surface area contributed by atoms with E-state index in [0.29, 0.717) is 0 Å². The summed E-state index contributed by atoms with van der Waals surface area (Å²) in [6.45, 7) is -1.73. The summed E-state index contributed by atoms with van der Waals surface area (Å²) >= 11 is 8.77. The molecular formula is C9H6BrClF2O2. The molecule has 2 nitrogen and oxygen atoms in total. The van der Waals surface area contributed by atoms with Gasteiger partial charge in [-0.2, -0.15) is 8.78 Å². The number of hydrogen-bond donors (Lipinski definition) is 0. The first-order chi connectivity index (χ1) is 6.93. The lowest BCUT2D eigenvalue weighted by atomic mass is 10.1. The van der Waals surface area contributed by atoms with Crippen LogP contribution in [0.25, 0.3) is 0 Å². The molecule has 82 valence electrons. The van der Waals surface area contributed by atoms with Crippen LogP contribution in [0.4, 0.5) is 8.78 Å². The summed E-state index contributed by atoms with van der Waals surface area (Å²) in [4.78, 5) is 11.2. The maximum Gasteiger partial charge on any atom is 0.387 e. The van der Waals surface area contributed by atoms with Gasteiger partial charge in [-0.25, -0.2) is 0 Å². The molecule has 0 aliphatic carbocycles. The van der Waals surface area contributed by atoms with Crippen LogP contribution in [-0.4, -0.2) is 12.4 Å². The number of halogens is 4. The van der Waals surface area contributed by atoms with Crippen LogP contribution in [-0.2, 0) is 0 Å². The van der Waals surface area contributed by atoms with E-state index >= 15 is 0 Å². The third-order valence-electron chi connectivity index (χ3n) is 1.62. The molecule has 0 fully saturated rings. The molecule has 0 unspecified atom stereocenters. The first-order valence-corrected chi connectivity index (χ1v) is 5.04. The van der Waals surface area contributed by atoms with Crippen molar-refractivity contribution in [2.24, 2.45) is 0 Å². The highest BCUT2D eigenvalue weighted by atomic mass is 79.9. The standard InChI is InChI=1S/C9H6BrClF2O2/c1-4(14)7-6(15-9(12)13)3-2-5(11)8(7)10/h2-3,9H,1H3. The molecule has 0 atom stereocenters. The molecule has 1 aromatic rings. The fourth-order valence-corrected chi connectivity index (χ4v) is 1.82. The van der Waals surface area contributed by atoms with Crippen LogP contribution in [0.15, 0.2) is 16.6 Å². The van der Waals surface area contributed by atoms with Gasteiger partial charge in [0, 0.05) is 0 Å². The molecule has 0 spiro atoms. The van der Waals surface area contributed by atoms with E-state index in [-0.39, 0.29) is 20.8 Å². The molecule has 1 rings (SSSR count). The average Bonchev–Trinajstić information content (AvgIpc) is 2.10. The summed E-state index contributed by atoms with van der Waals surface area (Å²) in [5.41, 5.74) is 0.0165. The maximum atomic E-state index is 12.0. The summed E-state index contributed by atoms with van der Waals surface area (Å²) in [5.74, 6) is -0.589. The summed E-state index contributed by atoms with van der Waals surface area (Å²) in [6, 6.07) is 2.60. The van der Waals surface area contributed by atoms with E-state index in [4.69, 9.17) is 11.6 Å². The monoisotopic (exact) mass is 298 g/mol. The van der Waals surface area contributed by atoms with E-state index in [2.05, 4.69) is 20.7 Å². The lowest BCUT2D eigenvalue weighted by Crippen LogP contribution is -2.07. The lowest BCUT2D eigenvalue weighted by molar-refractivity contribution is -0.0501. The number of ether oxygens (including phenoxy) is 1. The van der Waals surface area contributed by atoms with Gasteiger partial charge >= 0.3 is 6.61 Å². The molecular weight excluding hydrogens is 293 g/mol. The van der Waals surface area contributed by atoms with E-state index in [1.54, 1.807) is 0 Å². The Morgan fingerprint density at radius 2 is 2.13 bits per heavy atom. The smallest absolute Gasteiger partial charge is 0.387 e. The third-order valence-corrected chi connectivity index (χ3v) is 2.99. The number of carbonyl (C=O) groups excluding carboxylic acids is 1. The van der Waals surface area contributed by atoms with E-state index in [9.17, 15) is 13.6 Å². The number of Topliss-reactive ketones (excluding diaryl/α,β-unsaturated/α-hetero) is 1. The highest BCUT2D eigenvalue weighted by Gasteiger charge is 2.18. The molecule has 0 aliphatic rings. The van der Waals surface area contributed by atoms with E-state index < -0.39 is 12.4 Å². The summed E-state index contributed by atoms with van der Waals surface area (Å²) in [6.07, 6.45) is 0. The maximum absolute atomic E-state index is 12.0.